The molecule has 4 nitrogen and oxygen atoms in total. The quantitative estimate of drug-likeness (QED) is 0.737. The Morgan fingerprint density at radius 2 is 1.87 bits per heavy atom. The van der Waals surface area contributed by atoms with Gasteiger partial charge in [0, 0.05) is 13.2 Å². The molecule has 0 unspecified atom stereocenters. The SMILES string of the molecule is CCOC(OCC)c1cc(C(C)C)n[nH]1. The lowest BCUT2D eigenvalue weighted by Crippen LogP contribution is -2.09. The molecule has 0 aliphatic rings. The first-order chi connectivity index (χ1) is 7.19. The monoisotopic (exact) mass is 212 g/mol. The van der Waals surface area contributed by atoms with Gasteiger partial charge >= 0.3 is 0 Å². The summed E-state index contributed by atoms with van der Waals surface area (Å²) in [5.41, 5.74) is 1.93. The van der Waals surface area contributed by atoms with Crippen LogP contribution >= 0.6 is 0 Å². The van der Waals surface area contributed by atoms with E-state index in [0.717, 1.165) is 11.4 Å². The molecule has 1 aromatic rings. The predicted molar refractivity (Wildman–Crippen MR) is 58.7 cm³/mol. The molecule has 0 amide bonds. The average molecular weight is 212 g/mol. The van der Waals surface area contributed by atoms with E-state index in [1.54, 1.807) is 0 Å². The number of nitrogens with zero attached hydrogens (tertiary/aromatic N) is 1. The first-order valence-electron chi connectivity index (χ1n) is 5.47. The maximum absolute atomic E-state index is 5.47. The Morgan fingerprint density at radius 3 is 2.27 bits per heavy atom. The molecular formula is C11H20N2O2. The molecular weight excluding hydrogens is 192 g/mol. The summed E-state index contributed by atoms with van der Waals surface area (Å²) in [6.45, 7) is 9.37. The Bertz CT molecular complexity index is 278. The largest absolute Gasteiger partial charge is 0.347 e. The molecule has 4 heteroatoms. The smallest absolute Gasteiger partial charge is 0.200 e. The number of hydrogen-bond donors (Lipinski definition) is 1. The molecule has 0 aliphatic heterocycles. The van der Waals surface area contributed by atoms with Crippen molar-refractivity contribution in [3.8, 4) is 0 Å². The third kappa shape index (κ3) is 3.32. The zero-order valence-electron chi connectivity index (χ0n) is 9.91. The fraction of sp³-hybridized carbons (Fsp3) is 0.727. The van der Waals surface area contributed by atoms with Crippen molar-refractivity contribution in [3.05, 3.63) is 17.5 Å². The zero-order valence-corrected chi connectivity index (χ0v) is 9.91. The van der Waals surface area contributed by atoms with E-state index in [1.807, 2.05) is 19.9 Å². The third-order valence-corrected chi connectivity index (χ3v) is 2.10. The van der Waals surface area contributed by atoms with Crippen LogP contribution in [0.15, 0.2) is 6.07 Å². The van der Waals surface area contributed by atoms with Crippen molar-refractivity contribution in [1.29, 1.82) is 0 Å². The van der Waals surface area contributed by atoms with Crippen LogP contribution in [-0.4, -0.2) is 23.4 Å². The molecule has 0 saturated heterocycles. The molecule has 0 atom stereocenters. The first-order valence-corrected chi connectivity index (χ1v) is 5.47. The molecule has 0 fully saturated rings. The van der Waals surface area contributed by atoms with Crippen LogP contribution < -0.4 is 0 Å². The normalized spacial score (nSPS) is 11.6. The van der Waals surface area contributed by atoms with Crippen molar-refractivity contribution in [1.82, 2.24) is 10.2 Å². The van der Waals surface area contributed by atoms with Crippen LogP contribution in [0.5, 0.6) is 0 Å². The van der Waals surface area contributed by atoms with Crippen LogP contribution in [0.25, 0.3) is 0 Å². The van der Waals surface area contributed by atoms with E-state index in [4.69, 9.17) is 9.47 Å². The van der Waals surface area contributed by atoms with Crippen LogP contribution in [0.3, 0.4) is 0 Å². The summed E-state index contributed by atoms with van der Waals surface area (Å²) in [6.07, 6.45) is -0.319. The van der Waals surface area contributed by atoms with E-state index in [9.17, 15) is 0 Å². The Balaban J connectivity index is 2.72. The Morgan fingerprint density at radius 1 is 1.27 bits per heavy atom. The van der Waals surface area contributed by atoms with Gasteiger partial charge in [0.25, 0.3) is 0 Å². The van der Waals surface area contributed by atoms with E-state index in [0.29, 0.717) is 19.1 Å². The molecule has 15 heavy (non-hydrogen) atoms. The summed E-state index contributed by atoms with van der Waals surface area (Å²) in [5.74, 6) is 0.416. The number of hydrogen-bond acceptors (Lipinski definition) is 3. The van der Waals surface area contributed by atoms with Gasteiger partial charge < -0.3 is 9.47 Å². The van der Waals surface area contributed by atoms with Gasteiger partial charge in [0.2, 0.25) is 0 Å². The highest BCUT2D eigenvalue weighted by Crippen LogP contribution is 2.20. The van der Waals surface area contributed by atoms with Crippen molar-refractivity contribution in [2.45, 2.75) is 39.9 Å². The van der Waals surface area contributed by atoms with Gasteiger partial charge in [-0.15, -0.1) is 0 Å². The van der Waals surface area contributed by atoms with Gasteiger partial charge in [-0.05, 0) is 25.8 Å². The van der Waals surface area contributed by atoms with E-state index in [-0.39, 0.29) is 6.29 Å². The Labute approximate surface area is 91.0 Å². The lowest BCUT2D eigenvalue weighted by molar-refractivity contribution is -0.142. The maximum Gasteiger partial charge on any atom is 0.200 e. The van der Waals surface area contributed by atoms with E-state index in [2.05, 4.69) is 24.0 Å². The molecule has 1 heterocycles. The van der Waals surface area contributed by atoms with Crippen molar-refractivity contribution >= 4 is 0 Å². The zero-order chi connectivity index (χ0) is 11.3. The Kier molecular flexibility index (Phi) is 4.78. The average Bonchev–Trinajstić information content (AvgIpc) is 2.66. The molecule has 0 aromatic carbocycles. The highest BCUT2D eigenvalue weighted by atomic mass is 16.7. The van der Waals surface area contributed by atoms with Crippen molar-refractivity contribution in [2.24, 2.45) is 0 Å². The van der Waals surface area contributed by atoms with Crippen LogP contribution in [0, 0.1) is 0 Å². The highest BCUT2D eigenvalue weighted by Gasteiger charge is 2.15. The van der Waals surface area contributed by atoms with Gasteiger partial charge in [0.05, 0.1) is 11.4 Å². The van der Waals surface area contributed by atoms with E-state index < -0.39 is 0 Å². The topological polar surface area (TPSA) is 47.1 Å². The van der Waals surface area contributed by atoms with Gasteiger partial charge in [0.15, 0.2) is 6.29 Å². The lowest BCUT2D eigenvalue weighted by Gasteiger charge is -2.14. The summed E-state index contributed by atoms with van der Waals surface area (Å²) >= 11 is 0. The van der Waals surface area contributed by atoms with Gasteiger partial charge in [-0.1, -0.05) is 13.8 Å². The summed E-state index contributed by atoms with van der Waals surface area (Å²) in [4.78, 5) is 0. The lowest BCUT2D eigenvalue weighted by atomic mass is 10.1. The predicted octanol–water partition coefficient (Wildman–Crippen LogP) is 2.60. The fourth-order valence-electron chi connectivity index (χ4n) is 1.30. The van der Waals surface area contributed by atoms with Gasteiger partial charge in [-0.2, -0.15) is 5.10 Å². The number of rotatable bonds is 6. The second-order valence-electron chi connectivity index (χ2n) is 3.65. The minimum atomic E-state index is -0.319. The number of ether oxygens (including phenoxy) is 2. The minimum Gasteiger partial charge on any atom is -0.347 e. The number of nitrogens with one attached hydrogen (secondary N) is 1. The molecule has 0 aliphatic carbocycles. The van der Waals surface area contributed by atoms with Gasteiger partial charge in [-0.25, -0.2) is 0 Å². The van der Waals surface area contributed by atoms with Gasteiger partial charge in [0.1, 0.15) is 0 Å². The number of H-pyrrole nitrogens is 1. The molecule has 0 spiro atoms. The molecule has 0 radical (unpaired) electrons. The summed E-state index contributed by atoms with van der Waals surface area (Å²) in [7, 11) is 0. The fourth-order valence-corrected chi connectivity index (χ4v) is 1.30. The minimum absolute atomic E-state index is 0.319. The standard InChI is InChI=1S/C11H20N2O2/c1-5-14-11(15-6-2)10-7-9(8(3)4)12-13-10/h7-8,11H,5-6H2,1-4H3,(H,12,13). The van der Waals surface area contributed by atoms with Crippen molar-refractivity contribution in [3.63, 3.8) is 0 Å². The summed E-state index contributed by atoms with van der Waals surface area (Å²) in [6, 6.07) is 2.00. The maximum atomic E-state index is 5.47. The molecule has 0 bridgehead atoms. The van der Waals surface area contributed by atoms with E-state index in [1.165, 1.54) is 0 Å². The molecule has 1 aromatic heterocycles. The first kappa shape index (κ1) is 12.2. The molecule has 0 saturated carbocycles. The number of aromatic nitrogens is 2. The third-order valence-electron chi connectivity index (χ3n) is 2.10. The van der Waals surface area contributed by atoms with Crippen LogP contribution in [0.2, 0.25) is 0 Å². The van der Waals surface area contributed by atoms with Crippen LogP contribution in [0.1, 0.15) is 51.3 Å². The highest BCUT2D eigenvalue weighted by molar-refractivity contribution is 5.12. The van der Waals surface area contributed by atoms with Gasteiger partial charge in [-0.3, -0.25) is 5.10 Å². The second kappa shape index (κ2) is 5.88. The Hall–Kier alpha value is -0.870. The van der Waals surface area contributed by atoms with Crippen LogP contribution in [0.4, 0.5) is 0 Å². The van der Waals surface area contributed by atoms with E-state index >= 15 is 0 Å². The molecule has 1 rings (SSSR count). The van der Waals surface area contributed by atoms with Crippen molar-refractivity contribution < 1.29 is 9.47 Å². The molecule has 1 N–H and O–H groups in total. The second-order valence-corrected chi connectivity index (χ2v) is 3.65. The van der Waals surface area contributed by atoms with Crippen LogP contribution in [-0.2, 0) is 9.47 Å². The number of aromatic amines is 1. The molecule has 86 valence electrons. The van der Waals surface area contributed by atoms with Crippen molar-refractivity contribution in [2.75, 3.05) is 13.2 Å². The summed E-state index contributed by atoms with van der Waals surface area (Å²) < 4.78 is 10.9. The summed E-state index contributed by atoms with van der Waals surface area (Å²) in [5, 5.41) is 7.17.